The molecule has 2 rings (SSSR count). The second-order valence-electron chi connectivity index (χ2n) is 3.10. The van der Waals surface area contributed by atoms with Crippen LogP contribution in [0.25, 0.3) is 16.2 Å². The number of hydrogen-bond acceptors (Lipinski definition) is 2. The molecule has 0 spiro atoms. The highest BCUT2D eigenvalue weighted by Crippen LogP contribution is 2.26. The molecule has 0 aliphatic heterocycles. The maximum absolute atomic E-state index is 8.64. The van der Waals surface area contributed by atoms with Crippen LogP contribution in [0.3, 0.4) is 0 Å². The Morgan fingerprint density at radius 3 is 2.93 bits per heavy atom. The molecule has 0 bridgehead atoms. The third-order valence-corrected chi connectivity index (χ3v) is 3.10. The molecule has 0 amide bonds. The van der Waals surface area contributed by atoms with E-state index in [0.29, 0.717) is 0 Å². The van der Waals surface area contributed by atoms with Crippen LogP contribution in [-0.4, -0.2) is 11.7 Å². The lowest BCUT2D eigenvalue weighted by atomic mass is 10.2. The molecule has 0 unspecified atom stereocenters. The minimum Gasteiger partial charge on any atom is -0.396 e. The fourth-order valence-corrected chi connectivity index (χ4v) is 2.35. The second kappa shape index (κ2) is 4.40. The van der Waals surface area contributed by atoms with Crippen LogP contribution in [0.1, 0.15) is 11.3 Å². The summed E-state index contributed by atoms with van der Waals surface area (Å²) in [5, 5.41) is 9.93. The van der Waals surface area contributed by atoms with Crippen LogP contribution in [0.2, 0.25) is 0 Å². The van der Waals surface area contributed by atoms with Crippen LogP contribution in [0.5, 0.6) is 0 Å². The molecule has 0 aliphatic rings. The van der Waals surface area contributed by atoms with Crippen molar-refractivity contribution in [3.63, 3.8) is 0 Å². The Kier molecular flexibility index (Phi) is 2.96. The molecule has 2 aromatic rings. The predicted molar refractivity (Wildman–Crippen MR) is 62.6 cm³/mol. The smallest absolute Gasteiger partial charge is 0.0465 e. The van der Waals surface area contributed by atoms with Gasteiger partial charge in [-0.2, -0.15) is 0 Å². The summed E-state index contributed by atoms with van der Waals surface area (Å²) in [4.78, 5) is 1.25. The van der Waals surface area contributed by atoms with Gasteiger partial charge in [-0.3, -0.25) is 0 Å². The van der Waals surface area contributed by atoms with Crippen LogP contribution >= 0.6 is 11.3 Å². The lowest BCUT2D eigenvalue weighted by Gasteiger charge is -1.83. The Hall–Kier alpha value is -1.12. The van der Waals surface area contributed by atoms with Gasteiger partial charge < -0.3 is 5.11 Å². The number of benzene rings is 1. The molecule has 0 aliphatic carbocycles. The first-order chi connectivity index (χ1) is 6.90. The van der Waals surface area contributed by atoms with E-state index >= 15 is 0 Å². The molecule has 0 atom stereocenters. The van der Waals surface area contributed by atoms with E-state index in [-0.39, 0.29) is 6.61 Å². The summed E-state index contributed by atoms with van der Waals surface area (Å²) in [5.74, 6) is 0. The van der Waals surface area contributed by atoms with Gasteiger partial charge >= 0.3 is 0 Å². The van der Waals surface area contributed by atoms with E-state index in [1.165, 1.54) is 15.0 Å². The van der Waals surface area contributed by atoms with E-state index in [2.05, 4.69) is 36.4 Å². The molecule has 14 heavy (non-hydrogen) atoms. The van der Waals surface area contributed by atoms with Gasteiger partial charge in [0.1, 0.15) is 0 Å². The van der Waals surface area contributed by atoms with Crippen LogP contribution in [0.15, 0.2) is 36.4 Å². The first kappa shape index (κ1) is 9.44. The van der Waals surface area contributed by atoms with Gasteiger partial charge in [0.15, 0.2) is 0 Å². The molecule has 1 aromatic carbocycles. The van der Waals surface area contributed by atoms with E-state index in [4.69, 9.17) is 5.11 Å². The first-order valence-corrected chi connectivity index (χ1v) is 5.48. The summed E-state index contributed by atoms with van der Waals surface area (Å²) in [6.07, 6.45) is 4.81. The van der Waals surface area contributed by atoms with Crippen molar-refractivity contribution in [1.82, 2.24) is 0 Å². The predicted octanol–water partition coefficient (Wildman–Crippen LogP) is 3.30. The Morgan fingerprint density at radius 1 is 1.29 bits per heavy atom. The van der Waals surface area contributed by atoms with Crippen molar-refractivity contribution < 1.29 is 5.11 Å². The highest BCUT2D eigenvalue weighted by molar-refractivity contribution is 7.19. The average Bonchev–Trinajstić information content (AvgIpc) is 2.60. The zero-order chi connectivity index (χ0) is 9.80. The number of rotatable bonds is 3. The van der Waals surface area contributed by atoms with Gasteiger partial charge in [-0.1, -0.05) is 24.3 Å². The van der Waals surface area contributed by atoms with Crippen molar-refractivity contribution in [1.29, 1.82) is 0 Å². The number of aliphatic hydroxyl groups excluding tert-OH is 1. The molecule has 2 heteroatoms. The maximum atomic E-state index is 8.64. The Bertz CT molecular complexity index is 409. The number of thiophene rings is 1. The van der Waals surface area contributed by atoms with Gasteiger partial charge in [-0.25, -0.2) is 0 Å². The highest BCUT2D eigenvalue weighted by Gasteiger charge is 1.96. The number of fused-ring (bicyclic) bond motifs is 1. The monoisotopic (exact) mass is 204 g/mol. The molecule has 1 aromatic heterocycles. The van der Waals surface area contributed by atoms with Crippen LogP contribution < -0.4 is 0 Å². The van der Waals surface area contributed by atoms with Crippen molar-refractivity contribution in [3.05, 3.63) is 41.3 Å². The van der Waals surface area contributed by atoms with Crippen LogP contribution in [0, 0.1) is 0 Å². The minimum atomic E-state index is 0.224. The largest absolute Gasteiger partial charge is 0.396 e. The highest BCUT2D eigenvalue weighted by atomic mass is 32.1. The fourth-order valence-electron chi connectivity index (χ4n) is 1.36. The molecule has 1 heterocycles. The lowest BCUT2D eigenvalue weighted by molar-refractivity contribution is 0.303. The standard InChI is InChI=1S/C12H12OS/c13-8-4-3-6-11-9-10-5-1-2-7-12(10)14-11/h1-3,5-7,9,13H,4,8H2. The molecule has 0 radical (unpaired) electrons. The SMILES string of the molecule is OCCC=Cc1cc2ccccc2s1. The summed E-state index contributed by atoms with van der Waals surface area (Å²) < 4.78 is 1.32. The van der Waals surface area contributed by atoms with Crippen molar-refractivity contribution in [2.75, 3.05) is 6.61 Å². The molecule has 1 N–H and O–H groups in total. The topological polar surface area (TPSA) is 20.2 Å². The molecule has 0 fully saturated rings. The maximum Gasteiger partial charge on any atom is 0.0465 e. The fraction of sp³-hybridized carbons (Fsp3) is 0.167. The van der Waals surface area contributed by atoms with Crippen molar-refractivity contribution in [2.24, 2.45) is 0 Å². The number of hydrogen-bond donors (Lipinski definition) is 1. The molecular weight excluding hydrogens is 192 g/mol. The lowest BCUT2D eigenvalue weighted by Crippen LogP contribution is -1.74. The molecular formula is C12H12OS. The van der Waals surface area contributed by atoms with Crippen LogP contribution in [-0.2, 0) is 0 Å². The van der Waals surface area contributed by atoms with Crippen molar-refractivity contribution >= 4 is 27.5 Å². The van der Waals surface area contributed by atoms with Gasteiger partial charge in [0, 0.05) is 16.2 Å². The molecule has 0 saturated carbocycles. The summed E-state index contributed by atoms with van der Waals surface area (Å²) in [6.45, 7) is 0.224. The Labute approximate surface area is 87.3 Å². The quantitative estimate of drug-likeness (QED) is 0.813. The van der Waals surface area contributed by atoms with Gasteiger partial charge in [0.05, 0.1) is 0 Å². The van der Waals surface area contributed by atoms with Crippen LogP contribution in [0.4, 0.5) is 0 Å². The zero-order valence-electron chi connectivity index (χ0n) is 7.81. The normalized spacial score (nSPS) is 11.5. The summed E-state index contributed by atoms with van der Waals surface area (Å²) >= 11 is 1.78. The first-order valence-electron chi connectivity index (χ1n) is 4.66. The average molecular weight is 204 g/mol. The Balaban J connectivity index is 2.27. The summed E-state index contributed by atoms with van der Waals surface area (Å²) in [6, 6.07) is 10.5. The molecule has 72 valence electrons. The van der Waals surface area contributed by atoms with Crippen molar-refractivity contribution in [2.45, 2.75) is 6.42 Å². The molecule has 0 saturated heterocycles. The van der Waals surface area contributed by atoms with E-state index in [1.54, 1.807) is 11.3 Å². The van der Waals surface area contributed by atoms with E-state index in [9.17, 15) is 0 Å². The van der Waals surface area contributed by atoms with E-state index in [0.717, 1.165) is 6.42 Å². The zero-order valence-corrected chi connectivity index (χ0v) is 8.63. The molecule has 1 nitrogen and oxygen atoms in total. The van der Waals surface area contributed by atoms with Gasteiger partial charge in [-0.05, 0) is 30.0 Å². The third kappa shape index (κ3) is 2.03. The minimum absolute atomic E-state index is 0.224. The van der Waals surface area contributed by atoms with Gasteiger partial charge in [0.2, 0.25) is 0 Å². The van der Waals surface area contributed by atoms with Gasteiger partial charge in [0.25, 0.3) is 0 Å². The van der Waals surface area contributed by atoms with E-state index < -0.39 is 0 Å². The summed E-state index contributed by atoms with van der Waals surface area (Å²) in [5.41, 5.74) is 0. The summed E-state index contributed by atoms with van der Waals surface area (Å²) in [7, 11) is 0. The van der Waals surface area contributed by atoms with Crippen molar-refractivity contribution in [3.8, 4) is 0 Å². The Morgan fingerprint density at radius 2 is 2.14 bits per heavy atom. The second-order valence-corrected chi connectivity index (χ2v) is 4.22. The number of aliphatic hydroxyl groups is 1. The third-order valence-electron chi connectivity index (χ3n) is 2.02. The van der Waals surface area contributed by atoms with Gasteiger partial charge in [-0.15, -0.1) is 11.3 Å². The van der Waals surface area contributed by atoms with E-state index in [1.807, 2.05) is 6.08 Å².